The van der Waals surface area contributed by atoms with Crippen LogP contribution in [0.3, 0.4) is 0 Å². The van der Waals surface area contributed by atoms with E-state index in [0.29, 0.717) is 18.1 Å². The van der Waals surface area contributed by atoms with Crippen molar-refractivity contribution in [3.05, 3.63) is 11.8 Å². The molecule has 2 atom stereocenters. The predicted molar refractivity (Wildman–Crippen MR) is 104 cm³/mol. The molecule has 0 radical (unpaired) electrons. The van der Waals surface area contributed by atoms with Gasteiger partial charge in [-0.2, -0.15) is 0 Å². The van der Waals surface area contributed by atoms with Gasteiger partial charge >= 0.3 is 19.8 Å². The number of phosphoric acid groups is 1. The second-order valence-corrected chi connectivity index (χ2v) is 9.55. The van der Waals surface area contributed by atoms with Gasteiger partial charge in [-0.25, -0.2) is 13.6 Å². The van der Waals surface area contributed by atoms with Crippen molar-refractivity contribution < 1.29 is 37.2 Å². The Morgan fingerprint density at radius 3 is 2.14 bits per heavy atom. The highest BCUT2D eigenvalue weighted by molar-refractivity contribution is 7.48. The third kappa shape index (κ3) is 7.10. The van der Waals surface area contributed by atoms with Crippen molar-refractivity contribution in [3.8, 4) is 0 Å². The molecule has 2 aliphatic rings. The predicted octanol–water partition coefficient (Wildman–Crippen LogP) is 3.46. The normalized spacial score (nSPS) is 22.4. The van der Waals surface area contributed by atoms with E-state index in [1.54, 1.807) is 27.7 Å². The number of likely N-dealkylation sites (tertiary alicyclic amines) is 1. The van der Waals surface area contributed by atoms with E-state index in [9.17, 15) is 14.2 Å². The Morgan fingerprint density at radius 1 is 1.07 bits per heavy atom. The largest absolute Gasteiger partial charge is 0.535 e. The lowest BCUT2D eigenvalue weighted by Gasteiger charge is -2.29. The number of ether oxygens (including phenoxy) is 2. The van der Waals surface area contributed by atoms with Crippen LogP contribution in [-0.4, -0.2) is 50.1 Å². The van der Waals surface area contributed by atoms with Crippen LogP contribution in [0.2, 0.25) is 0 Å². The lowest BCUT2D eigenvalue weighted by Crippen LogP contribution is -2.30. The quantitative estimate of drug-likeness (QED) is 0.291. The van der Waals surface area contributed by atoms with E-state index in [1.165, 1.54) is 0 Å². The highest BCUT2D eigenvalue weighted by Gasteiger charge is 2.37. The number of rotatable bonds is 10. The first-order chi connectivity index (χ1) is 13.6. The third-order valence-electron chi connectivity index (χ3n) is 4.96. The number of hydrogen-bond acceptors (Lipinski definition) is 9. The highest BCUT2D eigenvalue weighted by atomic mass is 31.2. The summed E-state index contributed by atoms with van der Waals surface area (Å²) in [6, 6.07) is 0.213. The zero-order chi connectivity index (χ0) is 21.6. The fourth-order valence-electron chi connectivity index (χ4n) is 3.17. The van der Waals surface area contributed by atoms with Crippen LogP contribution in [0.5, 0.6) is 0 Å². The Kier molecular flexibility index (Phi) is 8.70. The van der Waals surface area contributed by atoms with Crippen LogP contribution in [0, 0.1) is 17.8 Å². The molecule has 1 saturated heterocycles. The summed E-state index contributed by atoms with van der Waals surface area (Å²) in [6.07, 6.45) is 4.56. The lowest BCUT2D eigenvalue weighted by molar-refractivity contribution is -0.157. The topological polar surface area (TPSA) is 101 Å². The maximum absolute atomic E-state index is 13.1. The molecule has 1 aliphatic carbocycles. The highest BCUT2D eigenvalue weighted by Crippen LogP contribution is 2.53. The Balaban J connectivity index is 2.00. The number of likely N-dealkylation sites (N-methyl/N-ethyl adjacent to an activating group) is 1. The minimum Gasteiger partial charge on any atom is -0.438 e. The molecule has 1 fully saturated rings. The standard InChI is InChI=1S/C19H32NO8P/c1-13(2)18(21)24-11-26-29(23,27-12-25-19(22)14(3)4)28-16-7-6-15-8-9-20(5)17(15)10-16/h10,13-15,17H,6-9,11-12H2,1-5H3. The van der Waals surface area contributed by atoms with Gasteiger partial charge in [-0.15, -0.1) is 0 Å². The van der Waals surface area contributed by atoms with Crippen molar-refractivity contribution in [2.75, 3.05) is 27.2 Å². The van der Waals surface area contributed by atoms with Crippen LogP contribution in [0.4, 0.5) is 0 Å². The fraction of sp³-hybridized carbons (Fsp3) is 0.789. The molecule has 0 spiro atoms. The van der Waals surface area contributed by atoms with Gasteiger partial charge in [0.25, 0.3) is 0 Å². The number of carbonyl (C=O) groups is 2. The van der Waals surface area contributed by atoms with Crippen molar-refractivity contribution in [3.63, 3.8) is 0 Å². The summed E-state index contributed by atoms with van der Waals surface area (Å²) in [5, 5.41) is 0. The van der Waals surface area contributed by atoms with Gasteiger partial charge in [-0.1, -0.05) is 27.7 Å². The second kappa shape index (κ2) is 10.6. The molecule has 0 amide bonds. The maximum atomic E-state index is 13.1. The van der Waals surface area contributed by atoms with E-state index in [2.05, 4.69) is 4.90 Å². The zero-order valence-corrected chi connectivity index (χ0v) is 18.7. The molecule has 1 heterocycles. The molecular weight excluding hydrogens is 401 g/mol. The molecule has 0 aromatic carbocycles. The fourth-order valence-corrected chi connectivity index (χ4v) is 4.15. The van der Waals surface area contributed by atoms with Crippen molar-refractivity contribution in [1.82, 2.24) is 4.90 Å². The average Bonchev–Trinajstić information content (AvgIpc) is 3.01. The van der Waals surface area contributed by atoms with Crippen LogP contribution in [0.15, 0.2) is 11.8 Å². The minimum atomic E-state index is -4.16. The molecule has 10 heteroatoms. The summed E-state index contributed by atoms with van der Waals surface area (Å²) in [5.74, 6) is -0.683. The van der Waals surface area contributed by atoms with Gasteiger partial charge in [0, 0.05) is 12.5 Å². The van der Waals surface area contributed by atoms with Crippen molar-refractivity contribution in [2.45, 2.75) is 53.0 Å². The van der Waals surface area contributed by atoms with Gasteiger partial charge < -0.3 is 14.0 Å². The molecule has 0 saturated carbocycles. The van der Waals surface area contributed by atoms with Crippen LogP contribution in [0.25, 0.3) is 0 Å². The van der Waals surface area contributed by atoms with Gasteiger partial charge in [0.05, 0.1) is 11.8 Å². The number of allylic oxidation sites excluding steroid dienone is 1. The molecular formula is C19H32NO8P. The van der Waals surface area contributed by atoms with E-state index >= 15 is 0 Å². The van der Waals surface area contributed by atoms with Gasteiger partial charge in [-0.05, 0) is 38.4 Å². The van der Waals surface area contributed by atoms with Crippen molar-refractivity contribution in [2.24, 2.45) is 17.8 Å². The van der Waals surface area contributed by atoms with E-state index in [1.807, 2.05) is 13.1 Å². The molecule has 0 bridgehead atoms. The SMILES string of the molecule is CC(C)C(=O)OCOP(=O)(OCOC(=O)C(C)C)OC1=CC2C(CC1)CCN2C. The molecule has 0 aromatic heterocycles. The summed E-state index contributed by atoms with van der Waals surface area (Å²) in [6.45, 7) is 6.49. The van der Waals surface area contributed by atoms with E-state index in [4.69, 9.17) is 23.0 Å². The van der Waals surface area contributed by atoms with Gasteiger partial charge in [0.1, 0.15) is 5.76 Å². The molecule has 0 aromatic rings. The lowest BCUT2D eigenvalue weighted by atomic mass is 9.89. The number of carbonyl (C=O) groups excluding carboxylic acids is 2. The maximum Gasteiger partial charge on any atom is 0.535 e. The van der Waals surface area contributed by atoms with Crippen molar-refractivity contribution >= 4 is 19.8 Å². The summed E-state index contributed by atoms with van der Waals surface area (Å²) in [5.41, 5.74) is 0. The smallest absolute Gasteiger partial charge is 0.438 e. The second-order valence-electron chi connectivity index (χ2n) is 7.96. The molecule has 0 N–H and O–H groups in total. The van der Waals surface area contributed by atoms with E-state index < -0.39 is 33.3 Å². The first-order valence-electron chi connectivity index (χ1n) is 9.94. The Bertz CT molecular complexity index is 633. The summed E-state index contributed by atoms with van der Waals surface area (Å²) in [7, 11) is -2.12. The molecule has 29 heavy (non-hydrogen) atoms. The molecule has 1 aliphatic heterocycles. The van der Waals surface area contributed by atoms with Crippen LogP contribution in [-0.2, 0) is 37.2 Å². The average molecular weight is 433 g/mol. The number of fused-ring (bicyclic) bond motifs is 1. The molecule has 9 nitrogen and oxygen atoms in total. The molecule has 166 valence electrons. The minimum absolute atomic E-state index is 0.213. The molecule has 2 unspecified atom stereocenters. The van der Waals surface area contributed by atoms with Gasteiger partial charge in [0.2, 0.25) is 13.6 Å². The van der Waals surface area contributed by atoms with Gasteiger partial charge in [-0.3, -0.25) is 14.5 Å². The first-order valence-corrected chi connectivity index (χ1v) is 11.4. The third-order valence-corrected chi connectivity index (χ3v) is 6.26. The van der Waals surface area contributed by atoms with Gasteiger partial charge in [0.15, 0.2) is 0 Å². The summed E-state index contributed by atoms with van der Waals surface area (Å²) in [4.78, 5) is 25.4. The number of hydrogen-bond donors (Lipinski definition) is 0. The van der Waals surface area contributed by atoms with Crippen LogP contribution >= 0.6 is 7.82 Å². The first kappa shape index (κ1) is 23.9. The summed E-state index contributed by atoms with van der Waals surface area (Å²) < 4.78 is 38.8. The monoisotopic (exact) mass is 433 g/mol. The van der Waals surface area contributed by atoms with E-state index in [-0.39, 0.29) is 17.9 Å². The Hall–Kier alpha value is -1.41. The van der Waals surface area contributed by atoms with E-state index in [0.717, 1.165) is 19.4 Å². The Morgan fingerprint density at radius 2 is 1.62 bits per heavy atom. The molecule has 2 rings (SSSR count). The van der Waals surface area contributed by atoms with Crippen LogP contribution < -0.4 is 0 Å². The van der Waals surface area contributed by atoms with Crippen LogP contribution in [0.1, 0.15) is 47.0 Å². The zero-order valence-electron chi connectivity index (χ0n) is 17.8. The number of esters is 2. The van der Waals surface area contributed by atoms with Crippen molar-refractivity contribution in [1.29, 1.82) is 0 Å². The Labute approximate surface area is 172 Å². The number of phosphoric ester groups is 1. The summed E-state index contributed by atoms with van der Waals surface area (Å²) >= 11 is 0. The number of nitrogens with zero attached hydrogens (tertiary/aromatic N) is 1.